The average Bonchev–Trinajstić information content (AvgIpc) is 2.63. The van der Waals surface area contributed by atoms with E-state index in [1.165, 1.54) is 11.1 Å². The van der Waals surface area contributed by atoms with Crippen molar-refractivity contribution in [2.24, 2.45) is 0 Å². The van der Waals surface area contributed by atoms with Crippen LogP contribution in [-0.2, 0) is 0 Å². The summed E-state index contributed by atoms with van der Waals surface area (Å²) in [6.45, 7) is 5.32. The second-order valence-electron chi connectivity index (χ2n) is 6.30. The van der Waals surface area contributed by atoms with Gasteiger partial charge in [0.25, 0.3) is 0 Å². The highest BCUT2D eigenvalue weighted by Crippen LogP contribution is 2.31. The van der Waals surface area contributed by atoms with Crippen LogP contribution in [0.2, 0.25) is 0 Å². The summed E-state index contributed by atoms with van der Waals surface area (Å²) < 4.78 is 10.6. The first-order chi connectivity index (χ1) is 11.7. The fraction of sp³-hybridized carbons (Fsp3) is 0.400. The van der Waals surface area contributed by atoms with Gasteiger partial charge in [-0.2, -0.15) is 0 Å². The van der Waals surface area contributed by atoms with Crippen molar-refractivity contribution in [3.63, 3.8) is 0 Å². The van der Waals surface area contributed by atoms with Gasteiger partial charge in [-0.3, -0.25) is 4.90 Å². The number of hydrogen-bond donors (Lipinski definition) is 1. The van der Waals surface area contributed by atoms with Crippen LogP contribution in [0.1, 0.15) is 24.1 Å². The summed E-state index contributed by atoms with van der Waals surface area (Å²) in [7, 11) is 3.40. The van der Waals surface area contributed by atoms with E-state index in [1.807, 2.05) is 24.3 Å². The molecule has 24 heavy (non-hydrogen) atoms. The van der Waals surface area contributed by atoms with Gasteiger partial charge in [-0.15, -0.1) is 0 Å². The maximum absolute atomic E-state index is 5.31. The Labute approximate surface area is 144 Å². The van der Waals surface area contributed by atoms with Crippen molar-refractivity contribution in [2.45, 2.75) is 19.0 Å². The van der Waals surface area contributed by atoms with E-state index in [-0.39, 0.29) is 6.04 Å². The second-order valence-corrected chi connectivity index (χ2v) is 6.30. The lowest BCUT2D eigenvalue weighted by atomic mass is 9.95. The second kappa shape index (κ2) is 7.69. The summed E-state index contributed by atoms with van der Waals surface area (Å²) in [6, 6.07) is 17.6. The molecule has 1 fully saturated rings. The number of nitrogens with zero attached hydrogens (tertiary/aromatic N) is 1. The van der Waals surface area contributed by atoms with Crippen LogP contribution in [0, 0.1) is 0 Å². The van der Waals surface area contributed by atoms with Gasteiger partial charge in [0.2, 0.25) is 0 Å². The van der Waals surface area contributed by atoms with Crippen molar-refractivity contribution in [3.05, 3.63) is 59.7 Å². The topological polar surface area (TPSA) is 33.7 Å². The van der Waals surface area contributed by atoms with E-state index in [1.54, 1.807) is 14.2 Å². The molecule has 1 heterocycles. The third kappa shape index (κ3) is 3.71. The molecule has 4 heteroatoms. The molecule has 1 atom stereocenters. The minimum Gasteiger partial charge on any atom is -0.497 e. The Balaban J connectivity index is 1.95. The van der Waals surface area contributed by atoms with Crippen molar-refractivity contribution in [1.82, 2.24) is 10.2 Å². The molecule has 1 aliphatic heterocycles. The molecule has 0 amide bonds. The summed E-state index contributed by atoms with van der Waals surface area (Å²) in [6.07, 6.45) is 0. The Bertz CT molecular complexity index is 592. The highest BCUT2D eigenvalue weighted by Gasteiger charge is 2.26. The molecule has 0 aromatic heterocycles. The molecule has 0 spiro atoms. The monoisotopic (exact) mass is 326 g/mol. The third-order valence-corrected chi connectivity index (χ3v) is 4.63. The molecule has 1 unspecified atom stereocenters. The molecule has 1 N–H and O–H groups in total. The molecule has 2 aromatic rings. The number of methoxy groups -OCH3 is 2. The minimum atomic E-state index is 0.242. The Morgan fingerprint density at radius 2 is 1.42 bits per heavy atom. The molecule has 128 valence electrons. The van der Waals surface area contributed by atoms with E-state index >= 15 is 0 Å². The highest BCUT2D eigenvalue weighted by atomic mass is 16.5. The number of hydrogen-bond acceptors (Lipinski definition) is 4. The molecular formula is C20H26N2O2. The van der Waals surface area contributed by atoms with E-state index in [9.17, 15) is 0 Å². The van der Waals surface area contributed by atoms with Gasteiger partial charge in [0.05, 0.1) is 20.3 Å². The van der Waals surface area contributed by atoms with Crippen LogP contribution in [0.4, 0.5) is 0 Å². The molecule has 0 saturated carbocycles. The molecule has 4 nitrogen and oxygen atoms in total. The predicted molar refractivity (Wildman–Crippen MR) is 96.9 cm³/mol. The first-order valence-electron chi connectivity index (χ1n) is 8.46. The van der Waals surface area contributed by atoms with E-state index in [0.717, 1.165) is 31.1 Å². The number of nitrogens with one attached hydrogen (secondary N) is 1. The fourth-order valence-corrected chi connectivity index (χ4v) is 3.38. The maximum atomic E-state index is 5.31. The lowest BCUT2D eigenvalue weighted by Gasteiger charge is -2.38. The van der Waals surface area contributed by atoms with Crippen molar-refractivity contribution < 1.29 is 9.47 Å². The fourth-order valence-electron chi connectivity index (χ4n) is 3.38. The first kappa shape index (κ1) is 16.8. The smallest absolute Gasteiger partial charge is 0.118 e. The van der Waals surface area contributed by atoms with E-state index in [4.69, 9.17) is 9.47 Å². The molecule has 0 aliphatic carbocycles. The summed E-state index contributed by atoms with van der Waals surface area (Å²) >= 11 is 0. The first-order valence-corrected chi connectivity index (χ1v) is 8.46. The van der Waals surface area contributed by atoms with Gasteiger partial charge in [0, 0.05) is 25.7 Å². The molecule has 1 saturated heterocycles. The summed E-state index contributed by atoms with van der Waals surface area (Å²) in [4.78, 5) is 2.55. The molecule has 3 rings (SSSR count). The Hall–Kier alpha value is -2.04. The van der Waals surface area contributed by atoms with Crippen LogP contribution in [0.25, 0.3) is 0 Å². The molecular weight excluding hydrogens is 300 g/mol. The van der Waals surface area contributed by atoms with Crippen LogP contribution >= 0.6 is 0 Å². The van der Waals surface area contributed by atoms with Gasteiger partial charge in [0.15, 0.2) is 0 Å². The largest absolute Gasteiger partial charge is 0.497 e. The zero-order valence-electron chi connectivity index (χ0n) is 14.7. The van der Waals surface area contributed by atoms with Gasteiger partial charge in [-0.05, 0) is 42.3 Å². The van der Waals surface area contributed by atoms with Crippen molar-refractivity contribution in [2.75, 3.05) is 33.9 Å². The normalized spacial score (nSPS) is 18.6. The average molecular weight is 326 g/mol. The Morgan fingerprint density at radius 1 is 0.917 bits per heavy atom. The van der Waals surface area contributed by atoms with Crippen LogP contribution in [-0.4, -0.2) is 44.8 Å². The van der Waals surface area contributed by atoms with Crippen LogP contribution in [0.3, 0.4) is 0 Å². The standard InChI is InChI=1S/C20H26N2O2/c1-15-14-22(13-12-21-15)20(16-4-8-18(23-2)9-5-16)17-6-10-19(24-3)11-7-17/h4-11,15,20-21H,12-14H2,1-3H3. The van der Waals surface area contributed by atoms with Crippen LogP contribution in [0.5, 0.6) is 11.5 Å². The molecule has 2 aromatic carbocycles. The van der Waals surface area contributed by atoms with Crippen LogP contribution in [0.15, 0.2) is 48.5 Å². The zero-order chi connectivity index (χ0) is 16.9. The lowest BCUT2D eigenvalue weighted by molar-refractivity contribution is 0.170. The summed E-state index contributed by atoms with van der Waals surface area (Å²) in [5.74, 6) is 1.78. The van der Waals surface area contributed by atoms with Gasteiger partial charge in [-0.1, -0.05) is 24.3 Å². The predicted octanol–water partition coefficient (Wildman–Crippen LogP) is 3.09. The van der Waals surface area contributed by atoms with Gasteiger partial charge < -0.3 is 14.8 Å². The van der Waals surface area contributed by atoms with E-state index < -0.39 is 0 Å². The zero-order valence-corrected chi connectivity index (χ0v) is 14.7. The third-order valence-electron chi connectivity index (χ3n) is 4.63. The van der Waals surface area contributed by atoms with E-state index in [2.05, 4.69) is 41.4 Å². The number of ether oxygens (including phenoxy) is 2. The number of rotatable bonds is 5. The van der Waals surface area contributed by atoms with Gasteiger partial charge in [0.1, 0.15) is 11.5 Å². The molecule has 0 bridgehead atoms. The van der Waals surface area contributed by atoms with Crippen molar-refractivity contribution in [1.29, 1.82) is 0 Å². The van der Waals surface area contributed by atoms with Crippen molar-refractivity contribution in [3.8, 4) is 11.5 Å². The highest BCUT2D eigenvalue weighted by molar-refractivity contribution is 5.38. The van der Waals surface area contributed by atoms with Crippen molar-refractivity contribution >= 4 is 0 Å². The Morgan fingerprint density at radius 3 is 1.83 bits per heavy atom. The summed E-state index contributed by atoms with van der Waals surface area (Å²) in [5.41, 5.74) is 2.57. The quantitative estimate of drug-likeness (QED) is 0.915. The Kier molecular flexibility index (Phi) is 5.38. The number of benzene rings is 2. The summed E-state index contributed by atoms with van der Waals surface area (Å²) in [5, 5.41) is 3.52. The molecule has 1 aliphatic rings. The SMILES string of the molecule is COc1ccc(C(c2ccc(OC)cc2)N2CCNC(C)C2)cc1. The van der Waals surface area contributed by atoms with Gasteiger partial charge >= 0.3 is 0 Å². The molecule has 0 radical (unpaired) electrons. The number of piperazine rings is 1. The van der Waals surface area contributed by atoms with Gasteiger partial charge in [-0.25, -0.2) is 0 Å². The maximum Gasteiger partial charge on any atom is 0.118 e. The van der Waals surface area contributed by atoms with Crippen LogP contribution < -0.4 is 14.8 Å². The minimum absolute atomic E-state index is 0.242. The van der Waals surface area contributed by atoms with E-state index in [0.29, 0.717) is 6.04 Å². The lowest BCUT2D eigenvalue weighted by Crippen LogP contribution is -2.50.